The lowest BCUT2D eigenvalue weighted by Crippen LogP contribution is -2.58. The standard InChI is InChI=1S/C23H28N2O/c1-17(19-9-5-3-6-10-19)24-13-21-15-25(16-22(14-24)23(21)26)18(2)20-11-7-4-8-12-20/h3-12,17-18,21-22H,13-16H2,1-2H3/t17-,18-,21?,22?/m1/s1. The van der Waals surface area contributed by atoms with Gasteiger partial charge in [0.05, 0.1) is 0 Å². The van der Waals surface area contributed by atoms with Gasteiger partial charge in [0.2, 0.25) is 0 Å². The van der Waals surface area contributed by atoms with Crippen LogP contribution in [0.5, 0.6) is 0 Å². The Labute approximate surface area is 156 Å². The molecule has 2 aromatic carbocycles. The van der Waals surface area contributed by atoms with Crippen molar-refractivity contribution in [3.63, 3.8) is 0 Å². The van der Waals surface area contributed by atoms with Crippen LogP contribution in [0.25, 0.3) is 0 Å². The van der Waals surface area contributed by atoms with E-state index in [1.807, 2.05) is 0 Å². The van der Waals surface area contributed by atoms with E-state index in [4.69, 9.17) is 0 Å². The van der Waals surface area contributed by atoms with E-state index in [0.29, 0.717) is 17.9 Å². The molecule has 2 saturated heterocycles. The summed E-state index contributed by atoms with van der Waals surface area (Å²) in [5.41, 5.74) is 2.68. The molecule has 3 nitrogen and oxygen atoms in total. The van der Waals surface area contributed by atoms with E-state index < -0.39 is 0 Å². The van der Waals surface area contributed by atoms with Crippen LogP contribution in [0.2, 0.25) is 0 Å². The van der Waals surface area contributed by atoms with Crippen LogP contribution < -0.4 is 0 Å². The Kier molecular flexibility index (Phi) is 4.92. The Morgan fingerprint density at radius 3 is 1.38 bits per heavy atom. The second-order valence-electron chi connectivity index (χ2n) is 7.88. The number of carbonyl (C=O) groups is 1. The monoisotopic (exact) mass is 348 g/mol. The van der Waals surface area contributed by atoms with Gasteiger partial charge in [-0.15, -0.1) is 0 Å². The van der Waals surface area contributed by atoms with Crippen molar-refractivity contribution in [2.75, 3.05) is 26.2 Å². The summed E-state index contributed by atoms with van der Waals surface area (Å²) >= 11 is 0. The maximum Gasteiger partial charge on any atom is 0.144 e. The van der Waals surface area contributed by atoms with Gasteiger partial charge < -0.3 is 0 Å². The SMILES string of the molecule is C[C@H](c1ccccc1)N1CC2CN([C@H](C)c3ccccc3)CC(C1)C2=O. The summed E-state index contributed by atoms with van der Waals surface area (Å²) in [5.74, 6) is 0.762. The number of carbonyl (C=O) groups excluding carboxylic acids is 1. The molecule has 2 heterocycles. The number of Topliss-reactive ketones (excluding diaryl/α,β-unsaturated/α-hetero) is 1. The van der Waals surface area contributed by atoms with Crippen LogP contribution in [-0.2, 0) is 4.79 Å². The average Bonchev–Trinajstić information content (AvgIpc) is 2.68. The highest BCUT2D eigenvalue weighted by Crippen LogP contribution is 2.34. The van der Waals surface area contributed by atoms with Gasteiger partial charge in [0.25, 0.3) is 0 Å². The molecule has 0 aliphatic carbocycles. The molecule has 0 unspecified atom stereocenters. The third kappa shape index (κ3) is 3.34. The molecule has 2 aromatic rings. The minimum Gasteiger partial charge on any atom is -0.299 e. The van der Waals surface area contributed by atoms with Crippen molar-refractivity contribution in [2.45, 2.75) is 25.9 Å². The molecule has 4 rings (SSSR count). The van der Waals surface area contributed by atoms with Crippen molar-refractivity contribution < 1.29 is 4.79 Å². The van der Waals surface area contributed by atoms with Crippen LogP contribution in [-0.4, -0.2) is 41.8 Å². The lowest BCUT2D eigenvalue weighted by atomic mass is 9.81. The van der Waals surface area contributed by atoms with Crippen LogP contribution in [0.1, 0.15) is 37.1 Å². The number of ketones is 1. The number of piperidine rings is 2. The number of fused-ring (bicyclic) bond motifs is 2. The fourth-order valence-corrected chi connectivity index (χ4v) is 4.61. The molecule has 2 atom stereocenters. The zero-order chi connectivity index (χ0) is 18.1. The second-order valence-corrected chi connectivity index (χ2v) is 7.88. The Hall–Kier alpha value is -1.97. The van der Waals surface area contributed by atoms with Crippen molar-refractivity contribution in [2.24, 2.45) is 11.8 Å². The first-order chi connectivity index (χ1) is 12.6. The summed E-state index contributed by atoms with van der Waals surface area (Å²) in [6, 6.07) is 22.1. The Morgan fingerprint density at radius 2 is 1.04 bits per heavy atom. The molecule has 0 saturated carbocycles. The van der Waals surface area contributed by atoms with Gasteiger partial charge in [0, 0.05) is 50.1 Å². The molecule has 2 aliphatic heterocycles. The number of hydrogen-bond acceptors (Lipinski definition) is 3. The quantitative estimate of drug-likeness (QED) is 0.836. The first kappa shape index (κ1) is 17.4. The predicted molar refractivity (Wildman–Crippen MR) is 105 cm³/mol. The summed E-state index contributed by atoms with van der Waals surface area (Å²) in [4.78, 5) is 17.8. The van der Waals surface area contributed by atoms with Gasteiger partial charge in [-0.05, 0) is 25.0 Å². The Balaban J connectivity index is 1.48. The molecule has 0 spiro atoms. The van der Waals surface area contributed by atoms with Crippen molar-refractivity contribution in [1.82, 2.24) is 9.80 Å². The molecular formula is C23H28N2O. The van der Waals surface area contributed by atoms with Gasteiger partial charge in [-0.25, -0.2) is 0 Å². The average molecular weight is 348 g/mol. The zero-order valence-electron chi connectivity index (χ0n) is 15.7. The van der Waals surface area contributed by atoms with E-state index in [0.717, 1.165) is 26.2 Å². The number of likely N-dealkylation sites (tertiary alicyclic amines) is 2. The lowest BCUT2D eigenvalue weighted by Gasteiger charge is -2.48. The van der Waals surface area contributed by atoms with Crippen molar-refractivity contribution >= 4 is 5.78 Å². The number of rotatable bonds is 4. The van der Waals surface area contributed by atoms with Crippen LogP contribution in [0, 0.1) is 11.8 Å². The van der Waals surface area contributed by atoms with E-state index in [9.17, 15) is 4.79 Å². The van der Waals surface area contributed by atoms with Gasteiger partial charge in [0.1, 0.15) is 5.78 Å². The van der Waals surface area contributed by atoms with Crippen LogP contribution in [0.4, 0.5) is 0 Å². The summed E-state index contributed by atoms with van der Waals surface area (Å²) in [6.45, 7) is 8.05. The number of nitrogens with zero attached hydrogens (tertiary/aromatic N) is 2. The third-order valence-electron chi connectivity index (χ3n) is 6.28. The lowest BCUT2D eigenvalue weighted by molar-refractivity contribution is -0.139. The predicted octanol–water partition coefficient (Wildman–Crippen LogP) is 3.94. The Bertz CT molecular complexity index is 670. The normalized spacial score (nSPS) is 26.5. The minimum absolute atomic E-state index is 0.139. The maximum absolute atomic E-state index is 12.8. The summed E-state index contributed by atoms with van der Waals surface area (Å²) in [7, 11) is 0. The highest BCUT2D eigenvalue weighted by Gasteiger charge is 2.43. The molecule has 26 heavy (non-hydrogen) atoms. The summed E-state index contributed by atoms with van der Waals surface area (Å²) < 4.78 is 0. The highest BCUT2D eigenvalue weighted by atomic mass is 16.1. The maximum atomic E-state index is 12.8. The largest absolute Gasteiger partial charge is 0.299 e. The van der Waals surface area contributed by atoms with Crippen molar-refractivity contribution in [1.29, 1.82) is 0 Å². The van der Waals surface area contributed by atoms with Crippen LogP contribution in [0.15, 0.2) is 60.7 Å². The summed E-state index contributed by atoms with van der Waals surface area (Å²) in [5, 5.41) is 0. The molecule has 136 valence electrons. The Morgan fingerprint density at radius 1 is 0.692 bits per heavy atom. The van der Waals surface area contributed by atoms with E-state index in [-0.39, 0.29) is 11.8 Å². The fraction of sp³-hybridized carbons (Fsp3) is 0.435. The minimum atomic E-state index is 0.139. The molecular weight excluding hydrogens is 320 g/mol. The summed E-state index contributed by atoms with van der Waals surface area (Å²) in [6.07, 6.45) is 0. The molecule has 0 amide bonds. The van der Waals surface area contributed by atoms with Gasteiger partial charge in [-0.2, -0.15) is 0 Å². The van der Waals surface area contributed by atoms with E-state index in [2.05, 4.69) is 84.3 Å². The first-order valence-corrected chi connectivity index (χ1v) is 9.75. The molecule has 0 N–H and O–H groups in total. The number of hydrogen-bond donors (Lipinski definition) is 0. The second kappa shape index (κ2) is 7.34. The van der Waals surface area contributed by atoms with Gasteiger partial charge in [0.15, 0.2) is 0 Å². The van der Waals surface area contributed by atoms with E-state index in [1.54, 1.807) is 0 Å². The van der Waals surface area contributed by atoms with Crippen molar-refractivity contribution in [3.05, 3.63) is 71.8 Å². The smallest absolute Gasteiger partial charge is 0.144 e. The highest BCUT2D eigenvalue weighted by molar-refractivity contribution is 5.86. The van der Waals surface area contributed by atoms with Gasteiger partial charge in [-0.3, -0.25) is 14.6 Å². The zero-order valence-corrected chi connectivity index (χ0v) is 15.7. The fourth-order valence-electron chi connectivity index (χ4n) is 4.61. The molecule has 3 heteroatoms. The van der Waals surface area contributed by atoms with Gasteiger partial charge >= 0.3 is 0 Å². The van der Waals surface area contributed by atoms with Crippen LogP contribution >= 0.6 is 0 Å². The molecule has 0 radical (unpaired) electrons. The number of benzene rings is 2. The van der Waals surface area contributed by atoms with Crippen molar-refractivity contribution in [3.8, 4) is 0 Å². The molecule has 2 bridgehead atoms. The van der Waals surface area contributed by atoms with E-state index >= 15 is 0 Å². The van der Waals surface area contributed by atoms with Crippen LogP contribution in [0.3, 0.4) is 0 Å². The molecule has 0 aromatic heterocycles. The third-order valence-corrected chi connectivity index (χ3v) is 6.28. The first-order valence-electron chi connectivity index (χ1n) is 9.75. The molecule has 2 fully saturated rings. The van der Waals surface area contributed by atoms with E-state index in [1.165, 1.54) is 11.1 Å². The molecule has 2 aliphatic rings. The van der Waals surface area contributed by atoms with Gasteiger partial charge in [-0.1, -0.05) is 60.7 Å². The topological polar surface area (TPSA) is 23.6 Å².